The van der Waals surface area contributed by atoms with Gasteiger partial charge in [0.2, 0.25) is 5.91 Å². The summed E-state index contributed by atoms with van der Waals surface area (Å²) in [5, 5.41) is 23.7. The minimum atomic E-state index is -5.22. The Labute approximate surface area is 389 Å². The number of nitrogens with one attached hydrogen (secondary N) is 1. The number of ether oxygens (including phenoxy) is 3. The van der Waals surface area contributed by atoms with Crippen molar-refractivity contribution >= 4 is 25.7 Å². The van der Waals surface area contributed by atoms with Crippen molar-refractivity contribution in [2.75, 3.05) is 6.61 Å². The number of unbranched alkanes of at least 4 members (excludes halogenated alkanes) is 30. The molecule has 0 spiro atoms. The number of phosphoric acid groups is 1. The van der Waals surface area contributed by atoms with Gasteiger partial charge in [-0.05, 0) is 25.7 Å². The minimum Gasteiger partial charge on any atom is -0.462 e. The Hall–Kier alpha value is -1.60. The molecule has 6 atom stereocenters. The highest BCUT2D eigenvalue weighted by Gasteiger charge is 2.51. The maximum absolute atomic E-state index is 13.7. The smallest absolute Gasteiger partial charge is 0.462 e. The molecule has 1 aliphatic heterocycles. The highest BCUT2D eigenvalue weighted by Crippen LogP contribution is 2.42. The number of phosphoric ester groups is 1. The molecule has 0 aliphatic carbocycles. The molecular formula is C50H96NO12P. The van der Waals surface area contributed by atoms with Crippen LogP contribution in [0.4, 0.5) is 0 Å². The van der Waals surface area contributed by atoms with E-state index in [1.165, 1.54) is 128 Å². The molecule has 13 nitrogen and oxygen atoms in total. The molecule has 14 heteroatoms. The third-order valence-corrected chi connectivity index (χ3v) is 13.0. The second-order valence-corrected chi connectivity index (χ2v) is 19.8. The van der Waals surface area contributed by atoms with Gasteiger partial charge in [0.1, 0.15) is 24.4 Å². The normalized spacial score (nSPS) is 19.4. The van der Waals surface area contributed by atoms with Gasteiger partial charge < -0.3 is 39.5 Å². The number of amides is 1. The monoisotopic (exact) mass is 934 g/mol. The minimum absolute atomic E-state index is 0.00752. The van der Waals surface area contributed by atoms with Crippen LogP contribution in [-0.2, 0) is 37.7 Å². The van der Waals surface area contributed by atoms with Gasteiger partial charge in [0.15, 0.2) is 12.4 Å². The van der Waals surface area contributed by atoms with Crippen molar-refractivity contribution in [3.05, 3.63) is 0 Å². The van der Waals surface area contributed by atoms with Gasteiger partial charge in [0.25, 0.3) is 0 Å². The van der Waals surface area contributed by atoms with Gasteiger partial charge in [0, 0.05) is 12.8 Å². The Balaban J connectivity index is 2.84. The summed E-state index contributed by atoms with van der Waals surface area (Å²) in [4.78, 5) is 59.5. The fraction of sp³-hybridized carbons (Fsp3) is 0.940. The van der Waals surface area contributed by atoms with Crippen LogP contribution >= 0.6 is 7.82 Å². The van der Waals surface area contributed by atoms with Crippen molar-refractivity contribution in [3.8, 4) is 0 Å². The molecule has 2 unspecified atom stereocenters. The number of carbonyl (C=O) groups excluding carboxylic acids is 3. The first-order valence-corrected chi connectivity index (χ1v) is 27.8. The lowest BCUT2D eigenvalue weighted by Gasteiger charge is -2.43. The fourth-order valence-corrected chi connectivity index (χ4v) is 9.23. The van der Waals surface area contributed by atoms with E-state index in [9.17, 15) is 38.9 Å². The zero-order chi connectivity index (χ0) is 47.1. The zero-order valence-corrected chi connectivity index (χ0v) is 41.7. The van der Waals surface area contributed by atoms with E-state index in [0.29, 0.717) is 19.3 Å². The van der Waals surface area contributed by atoms with Crippen LogP contribution in [0.5, 0.6) is 0 Å². The number of hydrogen-bond donors (Lipinski definition) is 5. The number of aliphatic hydroxyl groups is 2. The van der Waals surface area contributed by atoms with Gasteiger partial charge in [-0.2, -0.15) is 0 Å². The lowest BCUT2D eigenvalue weighted by Crippen LogP contribution is -2.65. The van der Waals surface area contributed by atoms with E-state index in [4.69, 9.17) is 18.7 Å². The average Bonchev–Trinajstić information content (AvgIpc) is 3.25. The highest BCUT2D eigenvalue weighted by molar-refractivity contribution is 7.46. The van der Waals surface area contributed by atoms with Crippen LogP contribution in [0.15, 0.2) is 0 Å². The van der Waals surface area contributed by atoms with Gasteiger partial charge >= 0.3 is 19.8 Å². The van der Waals surface area contributed by atoms with Gasteiger partial charge in [-0.15, -0.1) is 0 Å². The molecular weight excluding hydrogens is 838 g/mol. The van der Waals surface area contributed by atoms with Crippen LogP contribution in [-0.4, -0.2) is 81.2 Å². The van der Waals surface area contributed by atoms with Crippen LogP contribution in [0, 0.1) is 0 Å². The molecule has 64 heavy (non-hydrogen) atoms. The molecule has 1 heterocycles. The molecule has 1 rings (SSSR count). The van der Waals surface area contributed by atoms with Gasteiger partial charge in [-0.3, -0.25) is 18.9 Å². The first-order chi connectivity index (χ1) is 30.9. The van der Waals surface area contributed by atoms with E-state index in [2.05, 4.69) is 26.1 Å². The number of aliphatic hydroxyl groups excluding tert-OH is 2. The molecule has 1 saturated heterocycles. The van der Waals surface area contributed by atoms with Crippen LogP contribution < -0.4 is 5.32 Å². The van der Waals surface area contributed by atoms with Crippen LogP contribution in [0.3, 0.4) is 0 Å². The lowest BCUT2D eigenvalue weighted by molar-refractivity contribution is -0.256. The third-order valence-electron chi connectivity index (χ3n) is 12.5. The summed E-state index contributed by atoms with van der Waals surface area (Å²) >= 11 is 0. The summed E-state index contributed by atoms with van der Waals surface area (Å²) in [6.07, 6.45) is 30.6. The van der Waals surface area contributed by atoms with Crippen molar-refractivity contribution in [3.63, 3.8) is 0 Å². The largest absolute Gasteiger partial charge is 0.470 e. The lowest BCUT2D eigenvalue weighted by atomic mass is 9.96. The standard InChI is InChI=1S/C50H96NO12P/c1-4-7-10-13-16-19-21-22-24-27-29-32-35-38-45(54)60-42(37-34-31-28-25-18-15-12-9-6-3)40-44(53)51-47-49(48(63-64(57,58)59)43(41-52)61-50(47)56)62-46(55)39-36-33-30-26-23-20-17-14-11-8-5-2/h42-43,47-50,52,56H,4-41H2,1-3H3,(H,51,53)(H2,57,58,59)/t42?,43-,47-,48-,49-,50?/m1/s1. The van der Waals surface area contributed by atoms with Crippen molar-refractivity contribution in [1.29, 1.82) is 0 Å². The first-order valence-electron chi connectivity index (χ1n) is 26.3. The topological polar surface area (TPSA) is 198 Å². The maximum atomic E-state index is 13.7. The van der Waals surface area contributed by atoms with E-state index >= 15 is 0 Å². The molecule has 1 aliphatic rings. The van der Waals surface area contributed by atoms with Gasteiger partial charge in [-0.25, -0.2) is 4.57 Å². The molecule has 0 radical (unpaired) electrons. The summed E-state index contributed by atoms with van der Waals surface area (Å²) in [5.41, 5.74) is 0. The van der Waals surface area contributed by atoms with Crippen LogP contribution in [0.1, 0.15) is 258 Å². The second-order valence-electron chi connectivity index (χ2n) is 18.6. The molecule has 0 bridgehead atoms. The predicted octanol–water partition coefficient (Wildman–Crippen LogP) is 12.0. The second kappa shape index (κ2) is 40.5. The summed E-state index contributed by atoms with van der Waals surface area (Å²) in [6.45, 7) is 5.83. The highest BCUT2D eigenvalue weighted by atomic mass is 31.2. The van der Waals surface area contributed by atoms with E-state index < -0.39 is 63.1 Å². The number of esters is 2. The molecule has 1 fully saturated rings. The Kier molecular flexibility index (Phi) is 38.2. The molecule has 0 aromatic carbocycles. The Bertz CT molecular complexity index is 1190. The summed E-state index contributed by atoms with van der Waals surface area (Å²) in [7, 11) is -5.22. The zero-order valence-electron chi connectivity index (χ0n) is 40.8. The maximum Gasteiger partial charge on any atom is 0.470 e. The fourth-order valence-electron chi connectivity index (χ4n) is 8.66. The third kappa shape index (κ3) is 33.0. The van der Waals surface area contributed by atoms with Gasteiger partial charge in [0.05, 0.1) is 13.0 Å². The van der Waals surface area contributed by atoms with Crippen LogP contribution in [0.25, 0.3) is 0 Å². The quantitative estimate of drug-likeness (QED) is 0.0220. The molecule has 0 aromatic rings. The summed E-state index contributed by atoms with van der Waals surface area (Å²) in [5.74, 6) is -1.70. The van der Waals surface area contributed by atoms with Crippen molar-refractivity contribution in [1.82, 2.24) is 5.32 Å². The Morgan fingerprint density at radius 1 is 0.562 bits per heavy atom. The molecule has 378 valence electrons. The number of rotatable bonds is 44. The van der Waals surface area contributed by atoms with Crippen molar-refractivity contribution in [2.45, 2.75) is 295 Å². The molecule has 0 saturated carbocycles. The van der Waals surface area contributed by atoms with E-state index in [-0.39, 0.29) is 25.2 Å². The van der Waals surface area contributed by atoms with E-state index in [1.807, 2.05) is 0 Å². The van der Waals surface area contributed by atoms with Gasteiger partial charge in [-0.1, -0.05) is 213 Å². The summed E-state index contributed by atoms with van der Waals surface area (Å²) in [6, 6.07) is -1.50. The Morgan fingerprint density at radius 2 is 0.938 bits per heavy atom. The molecule has 5 N–H and O–H groups in total. The SMILES string of the molecule is CCCCCCCCCCCCCCCC(=O)OC(CCCCCCCCCCC)CC(=O)N[C@H]1C(O)O[C@H](CO)[C@@H](OP(=O)(O)O)[C@@H]1OC(=O)CCCCCCCCCCCCC. The Morgan fingerprint density at radius 3 is 1.33 bits per heavy atom. The van der Waals surface area contributed by atoms with Crippen molar-refractivity contribution < 1.29 is 57.7 Å². The average molecular weight is 934 g/mol. The van der Waals surface area contributed by atoms with Crippen LogP contribution in [0.2, 0.25) is 0 Å². The number of carbonyl (C=O) groups is 3. The van der Waals surface area contributed by atoms with E-state index in [1.54, 1.807) is 0 Å². The van der Waals surface area contributed by atoms with E-state index in [0.717, 1.165) is 70.6 Å². The summed E-state index contributed by atoms with van der Waals surface area (Å²) < 4.78 is 34.1. The number of hydrogen-bond acceptors (Lipinski definition) is 10. The molecule has 0 aromatic heterocycles. The molecule has 1 amide bonds. The first kappa shape index (κ1) is 60.4. The predicted molar refractivity (Wildman–Crippen MR) is 254 cm³/mol. The van der Waals surface area contributed by atoms with Crippen molar-refractivity contribution in [2.24, 2.45) is 0 Å².